The van der Waals surface area contributed by atoms with Crippen molar-refractivity contribution in [2.45, 2.75) is 19.4 Å². The van der Waals surface area contributed by atoms with E-state index in [2.05, 4.69) is 34.6 Å². The number of nitrogens with zero attached hydrogens (tertiary/aromatic N) is 5. The van der Waals surface area contributed by atoms with Gasteiger partial charge in [-0.25, -0.2) is 0 Å². The summed E-state index contributed by atoms with van der Waals surface area (Å²) in [7, 11) is 3.51. The van der Waals surface area contributed by atoms with Crippen LogP contribution in [0.25, 0.3) is 16.3 Å². The minimum Gasteiger partial charge on any atom is -0.345 e. The number of hydrogen-bond donors (Lipinski definition) is 0. The van der Waals surface area contributed by atoms with Crippen molar-refractivity contribution in [1.82, 2.24) is 24.8 Å². The molecule has 0 saturated carbocycles. The van der Waals surface area contributed by atoms with Crippen molar-refractivity contribution >= 4 is 28.2 Å². The van der Waals surface area contributed by atoms with Crippen molar-refractivity contribution < 1.29 is 9.59 Å². The fourth-order valence-electron chi connectivity index (χ4n) is 3.72. The maximum atomic E-state index is 12.7. The van der Waals surface area contributed by atoms with Gasteiger partial charge in [-0.3, -0.25) is 14.3 Å². The van der Waals surface area contributed by atoms with Crippen LogP contribution in [-0.4, -0.2) is 63.8 Å². The van der Waals surface area contributed by atoms with Crippen LogP contribution in [0.15, 0.2) is 54.9 Å². The first-order chi connectivity index (χ1) is 14.5. The van der Waals surface area contributed by atoms with Crippen molar-refractivity contribution in [3.05, 3.63) is 66.0 Å². The second-order valence-corrected chi connectivity index (χ2v) is 7.73. The van der Waals surface area contributed by atoms with Crippen LogP contribution in [0, 0.1) is 0 Å². The van der Waals surface area contributed by atoms with E-state index in [1.54, 1.807) is 36.1 Å². The normalized spacial score (nSPS) is 13.9. The number of rotatable bonds is 5. The third-order valence-electron chi connectivity index (χ3n) is 5.39. The first kappa shape index (κ1) is 19.8. The first-order valence-electron chi connectivity index (χ1n) is 10.1. The molecule has 1 aromatic heterocycles. The molecule has 7 nitrogen and oxygen atoms in total. The van der Waals surface area contributed by atoms with Gasteiger partial charge in [0.05, 0.1) is 12.7 Å². The van der Waals surface area contributed by atoms with Gasteiger partial charge >= 0.3 is 0 Å². The van der Waals surface area contributed by atoms with Gasteiger partial charge in [-0.05, 0) is 46.5 Å². The minimum absolute atomic E-state index is 0.0108. The number of aromatic nitrogens is 3. The number of carbonyl (C=O) groups excluding carboxylic acids is 2. The molecule has 0 unspecified atom stereocenters. The summed E-state index contributed by atoms with van der Waals surface area (Å²) in [5.74, 6) is 0.110. The molecule has 3 aromatic rings. The molecule has 1 aliphatic heterocycles. The maximum Gasteiger partial charge on any atom is 0.253 e. The van der Waals surface area contributed by atoms with Crippen LogP contribution in [-0.2, 0) is 11.3 Å². The van der Waals surface area contributed by atoms with Crippen LogP contribution in [0.3, 0.4) is 0 Å². The Hall–Kier alpha value is -3.48. The first-order valence-corrected chi connectivity index (χ1v) is 10.1. The summed E-state index contributed by atoms with van der Waals surface area (Å²) in [6, 6.07) is 12.0. The molecular weight excluding hydrogens is 378 g/mol. The molecule has 2 amide bonds. The second kappa shape index (κ2) is 8.49. The van der Waals surface area contributed by atoms with Gasteiger partial charge in [0.15, 0.2) is 0 Å². The molecule has 30 heavy (non-hydrogen) atoms. The van der Waals surface area contributed by atoms with Gasteiger partial charge in [0.1, 0.15) is 0 Å². The summed E-state index contributed by atoms with van der Waals surface area (Å²) in [4.78, 5) is 28.4. The Morgan fingerprint density at radius 1 is 1.10 bits per heavy atom. The molecule has 7 heteroatoms. The summed E-state index contributed by atoms with van der Waals surface area (Å²) < 4.78 is 1.68. The largest absolute Gasteiger partial charge is 0.345 e. The summed E-state index contributed by atoms with van der Waals surface area (Å²) in [6.45, 7) is 1.86. The van der Waals surface area contributed by atoms with Gasteiger partial charge in [0.25, 0.3) is 5.91 Å². The Morgan fingerprint density at radius 3 is 2.70 bits per heavy atom. The Bertz CT molecular complexity index is 1100. The molecule has 0 N–H and O–H groups in total. The fraction of sp³-hybridized carbons (Fsp3) is 0.304. The van der Waals surface area contributed by atoms with Gasteiger partial charge in [-0.15, -0.1) is 5.10 Å². The van der Waals surface area contributed by atoms with Gasteiger partial charge < -0.3 is 9.80 Å². The Kier molecular flexibility index (Phi) is 5.61. The van der Waals surface area contributed by atoms with E-state index in [9.17, 15) is 9.59 Å². The van der Waals surface area contributed by atoms with Crippen LogP contribution in [0.1, 0.15) is 28.8 Å². The highest BCUT2D eigenvalue weighted by atomic mass is 16.2. The highest BCUT2D eigenvalue weighted by Gasteiger charge is 2.19. The predicted molar refractivity (Wildman–Crippen MR) is 116 cm³/mol. The zero-order chi connectivity index (χ0) is 21.1. The predicted octanol–water partition coefficient (Wildman–Crippen LogP) is 2.84. The van der Waals surface area contributed by atoms with E-state index >= 15 is 0 Å². The Balaban J connectivity index is 1.50. The van der Waals surface area contributed by atoms with E-state index in [0.717, 1.165) is 34.9 Å². The van der Waals surface area contributed by atoms with Crippen LogP contribution < -0.4 is 0 Å². The number of hydrogen-bond acceptors (Lipinski definition) is 4. The lowest BCUT2D eigenvalue weighted by Gasteiger charge is -2.28. The molecule has 154 valence electrons. The number of carbonyl (C=O) groups is 2. The highest BCUT2D eigenvalue weighted by molar-refractivity contribution is 5.99. The number of benzene rings is 2. The van der Waals surface area contributed by atoms with Crippen molar-refractivity contribution in [3.63, 3.8) is 0 Å². The number of amides is 2. The van der Waals surface area contributed by atoms with E-state index in [0.29, 0.717) is 25.1 Å². The Labute approximate surface area is 175 Å². The van der Waals surface area contributed by atoms with Crippen LogP contribution in [0.2, 0.25) is 0 Å². The molecule has 0 atom stereocenters. The quantitative estimate of drug-likeness (QED) is 0.657. The van der Waals surface area contributed by atoms with Gasteiger partial charge in [-0.2, -0.15) is 0 Å². The smallest absolute Gasteiger partial charge is 0.253 e. The summed E-state index contributed by atoms with van der Waals surface area (Å²) in [5, 5.41) is 9.80. The Morgan fingerprint density at radius 2 is 1.93 bits per heavy atom. The maximum absolute atomic E-state index is 12.7. The zero-order valence-electron chi connectivity index (χ0n) is 17.3. The van der Waals surface area contributed by atoms with Gasteiger partial charge in [0.2, 0.25) is 5.91 Å². The van der Waals surface area contributed by atoms with E-state index < -0.39 is 0 Å². The minimum atomic E-state index is -0.0108. The summed E-state index contributed by atoms with van der Waals surface area (Å²) >= 11 is 0. The van der Waals surface area contributed by atoms with E-state index in [1.807, 2.05) is 23.1 Å². The standard InChI is InChI=1S/C23H25N5O2/c1-26(2)23(30)19-8-6-17-5-7-18(14-21(17)15-19)20-4-3-11-27(16-20)22(29)9-12-28-13-10-24-25-28/h4-8,10,13-15H,3,9,11-12,16H2,1-2H3. The summed E-state index contributed by atoms with van der Waals surface area (Å²) in [6.07, 6.45) is 6.83. The number of fused-ring (bicyclic) bond motifs is 1. The van der Waals surface area contributed by atoms with Crippen LogP contribution in [0.5, 0.6) is 0 Å². The molecule has 0 spiro atoms. The SMILES string of the molecule is CN(C)C(=O)c1ccc2ccc(C3=CCCN(C(=O)CCn4ccnn4)C3)cc2c1. The zero-order valence-corrected chi connectivity index (χ0v) is 17.3. The average molecular weight is 403 g/mol. The lowest BCUT2D eigenvalue weighted by molar-refractivity contribution is -0.131. The fourth-order valence-corrected chi connectivity index (χ4v) is 3.72. The average Bonchev–Trinajstić information content (AvgIpc) is 3.30. The lowest BCUT2D eigenvalue weighted by atomic mass is 9.97. The van der Waals surface area contributed by atoms with E-state index in [1.165, 1.54) is 0 Å². The molecule has 0 saturated heterocycles. The van der Waals surface area contributed by atoms with Crippen molar-refractivity contribution in [2.75, 3.05) is 27.2 Å². The topological polar surface area (TPSA) is 71.3 Å². The second-order valence-electron chi connectivity index (χ2n) is 7.73. The van der Waals surface area contributed by atoms with Crippen LogP contribution in [0.4, 0.5) is 0 Å². The number of aryl methyl sites for hydroxylation is 1. The monoisotopic (exact) mass is 403 g/mol. The molecular formula is C23H25N5O2. The molecule has 0 radical (unpaired) electrons. The van der Waals surface area contributed by atoms with Crippen molar-refractivity contribution in [1.29, 1.82) is 0 Å². The molecule has 0 fully saturated rings. The molecule has 2 aromatic carbocycles. The van der Waals surface area contributed by atoms with Gasteiger partial charge in [-0.1, -0.05) is 29.5 Å². The summed E-state index contributed by atoms with van der Waals surface area (Å²) in [5.41, 5.74) is 2.90. The molecule has 0 aliphatic carbocycles. The molecule has 0 bridgehead atoms. The van der Waals surface area contributed by atoms with E-state index in [-0.39, 0.29) is 11.8 Å². The third-order valence-corrected chi connectivity index (χ3v) is 5.39. The van der Waals surface area contributed by atoms with Crippen LogP contribution >= 0.6 is 0 Å². The van der Waals surface area contributed by atoms with Crippen molar-refractivity contribution in [3.8, 4) is 0 Å². The van der Waals surface area contributed by atoms with Gasteiger partial charge in [0, 0.05) is 45.4 Å². The van der Waals surface area contributed by atoms with Crippen molar-refractivity contribution in [2.24, 2.45) is 0 Å². The lowest BCUT2D eigenvalue weighted by Crippen LogP contribution is -2.35. The molecule has 2 heterocycles. The van der Waals surface area contributed by atoms with E-state index in [4.69, 9.17) is 0 Å². The molecule has 4 rings (SSSR count). The molecule has 1 aliphatic rings. The third kappa shape index (κ3) is 4.25. The highest BCUT2D eigenvalue weighted by Crippen LogP contribution is 2.26.